The Kier molecular flexibility index (Phi) is 3.82. The quantitative estimate of drug-likeness (QED) is 0.482. The molecule has 0 spiro atoms. The number of nitrogens with two attached hydrogens (primary N) is 1. The van der Waals surface area contributed by atoms with E-state index in [9.17, 15) is 23.3 Å². The van der Waals surface area contributed by atoms with E-state index in [-0.39, 0.29) is 22.9 Å². The third-order valence-electron chi connectivity index (χ3n) is 2.49. The topological polar surface area (TPSA) is 147 Å². The Morgan fingerprint density at radius 3 is 2.64 bits per heavy atom. The average Bonchev–Trinajstić information content (AvgIpc) is 2.79. The number of hydrogen-bond donors (Lipinski definition) is 1. The number of esters is 1. The summed E-state index contributed by atoms with van der Waals surface area (Å²) in [5.74, 6) is -1.49. The number of anilines is 1. The van der Waals surface area contributed by atoms with Crippen LogP contribution in [0.1, 0.15) is 10.4 Å². The van der Waals surface area contributed by atoms with Crippen LogP contribution in [0.4, 0.5) is 11.5 Å². The number of nitro groups is 1. The van der Waals surface area contributed by atoms with Crippen LogP contribution in [0.3, 0.4) is 0 Å². The maximum absolute atomic E-state index is 11.9. The fourth-order valence-corrected chi connectivity index (χ4v) is 2.24. The predicted octanol–water partition coefficient (Wildman–Crippen LogP) is 0.400. The number of carbonyl (C=O) groups excluding carboxylic acids is 1. The molecule has 11 heteroatoms. The van der Waals surface area contributed by atoms with Crippen molar-refractivity contribution in [3.05, 3.63) is 46.0 Å². The number of nitro benzene ring substituents is 1. The molecule has 1 aromatic heterocycles. The number of hydrogen-bond acceptors (Lipinski definition) is 8. The van der Waals surface area contributed by atoms with E-state index in [2.05, 4.69) is 5.10 Å². The number of carbonyl (C=O) groups is 1. The Labute approximate surface area is 124 Å². The largest absolute Gasteiger partial charge is 0.402 e. The molecule has 0 aliphatic heterocycles. The second-order valence-electron chi connectivity index (χ2n) is 4.21. The van der Waals surface area contributed by atoms with E-state index in [1.54, 1.807) is 0 Å². The number of aromatic nitrogens is 2. The van der Waals surface area contributed by atoms with E-state index in [4.69, 9.17) is 10.5 Å². The molecule has 1 heterocycles. The molecule has 0 aliphatic rings. The van der Waals surface area contributed by atoms with Gasteiger partial charge in [0.25, 0.3) is 15.7 Å². The molecule has 2 N–H and O–H groups in total. The van der Waals surface area contributed by atoms with Crippen molar-refractivity contribution in [3.63, 3.8) is 0 Å². The Bertz CT molecular complexity index is 857. The van der Waals surface area contributed by atoms with Gasteiger partial charge in [-0.05, 0) is 6.07 Å². The molecule has 1 aromatic carbocycles. The maximum Gasteiger partial charge on any atom is 0.345 e. The molecule has 0 fully saturated rings. The Morgan fingerprint density at radius 2 is 2.09 bits per heavy atom. The van der Waals surface area contributed by atoms with Crippen molar-refractivity contribution in [2.45, 2.75) is 0 Å². The Morgan fingerprint density at radius 1 is 1.41 bits per heavy atom. The van der Waals surface area contributed by atoms with Crippen molar-refractivity contribution < 1.29 is 22.9 Å². The summed E-state index contributed by atoms with van der Waals surface area (Å²) in [7, 11) is -3.73. The first kappa shape index (κ1) is 15.4. The van der Waals surface area contributed by atoms with Gasteiger partial charge >= 0.3 is 5.97 Å². The second kappa shape index (κ2) is 5.44. The van der Waals surface area contributed by atoms with Crippen LogP contribution in [0.5, 0.6) is 5.88 Å². The Balaban J connectivity index is 2.26. The summed E-state index contributed by atoms with van der Waals surface area (Å²) in [5.41, 5.74) is 5.08. The van der Waals surface area contributed by atoms with Crippen LogP contribution < -0.4 is 10.5 Å². The molecule has 2 rings (SSSR count). The molecule has 0 bridgehead atoms. The van der Waals surface area contributed by atoms with Crippen molar-refractivity contribution >= 4 is 27.5 Å². The molecule has 2 aromatic rings. The van der Waals surface area contributed by atoms with E-state index in [0.29, 0.717) is 4.09 Å². The standard InChI is InChI=1S/C11H10N4O6S/c1-22(19,20)14-9(12)6-10(13-14)21-11(16)7-3-2-4-8(5-7)15(17)18/h2-6H,12H2,1H3. The van der Waals surface area contributed by atoms with E-state index >= 15 is 0 Å². The van der Waals surface area contributed by atoms with Crippen LogP contribution in [-0.4, -0.2) is 34.8 Å². The zero-order chi connectivity index (χ0) is 16.5. The highest BCUT2D eigenvalue weighted by atomic mass is 32.2. The molecular weight excluding hydrogens is 316 g/mol. The first-order valence-electron chi connectivity index (χ1n) is 5.71. The number of benzene rings is 1. The highest BCUT2D eigenvalue weighted by molar-refractivity contribution is 7.89. The van der Waals surface area contributed by atoms with Gasteiger partial charge in [0.15, 0.2) is 0 Å². The molecule has 0 atom stereocenters. The molecule has 0 aliphatic carbocycles. The van der Waals surface area contributed by atoms with Crippen LogP contribution in [0.25, 0.3) is 0 Å². The van der Waals surface area contributed by atoms with Gasteiger partial charge in [-0.2, -0.15) is 0 Å². The first-order valence-corrected chi connectivity index (χ1v) is 7.56. The summed E-state index contributed by atoms with van der Waals surface area (Å²) >= 11 is 0. The number of non-ortho nitro benzene ring substituents is 1. The van der Waals surface area contributed by atoms with Crippen LogP contribution >= 0.6 is 0 Å². The minimum absolute atomic E-state index is 0.0818. The molecule has 0 saturated carbocycles. The summed E-state index contributed by atoms with van der Waals surface area (Å²) in [6.45, 7) is 0. The number of nitrogen functional groups attached to an aromatic ring is 1. The number of ether oxygens (including phenoxy) is 1. The van der Waals surface area contributed by atoms with Crippen LogP contribution in [0.2, 0.25) is 0 Å². The summed E-state index contributed by atoms with van der Waals surface area (Å²) in [6, 6.07) is 5.92. The van der Waals surface area contributed by atoms with Gasteiger partial charge in [-0.1, -0.05) is 6.07 Å². The van der Waals surface area contributed by atoms with Gasteiger partial charge in [-0.15, -0.1) is 9.19 Å². The lowest BCUT2D eigenvalue weighted by Gasteiger charge is -2.01. The SMILES string of the molecule is CS(=O)(=O)n1nc(OC(=O)c2cccc([N+](=O)[O-])c2)cc1N. The van der Waals surface area contributed by atoms with Crippen LogP contribution in [-0.2, 0) is 10.0 Å². The van der Waals surface area contributed by atoms with Crippen molar-refractivity contribution in [1.82, 2.24) is 9.19 Å². The highest BCUT2D eigenvalue weighted by Crippen LogP contribution is 2.18. The van der Waals surface area contributed by atoms with Gasteiger partial charge in [0.05, 0.1) is 16.7 Å². The van der Waals surface area contributed by atoms with E-state index in [0.717, 1.165) is 18.4 Å². The average molecular weight is 326 g/mol. The normalized spacial score (nSPS) is 11.1. The number of nitrogens with zero attached hydrogens (tertiary/aromatic N) is 3. The van der Waals surface area contributed by atoms with Crippen molar-refractivity contribution in [2.24, 2.45) is 0 Å². The van der Waals surface area contributed by atoms with Gasteiger partial charge in [-0.25, -0.2) is 13.2 Å². The number of rotatable bonds is 4. The van der Waals surface area contributed by atoms with Gasteiger partial charge < -0.3 is 10.5 Å². The fourth-order valence-electron chi connectivity index (χ4n) is 1.57. The smallest absolute Gasteiger partial charge is 0.345 e. The Hall–Kier alpha value is -2.95. The van der Waals surface area contributed by atoms with E-state index < -0.39 is 20.9 Å². The molecule has 0 amide bonds. The molecule has 0 radical (unpaired) electrons. The zero-order valence-corrected chi connectivity index (χ0v) is 12.0. The van der Waals surface area contributed by atoms with Crippen molar-refractivity contribution in [1.29, 1.82) is 0 Å². The molecule has 116 valence electrons. The maximum atomic E-state index is 11.9. The third kappa shape index (κ3) is 3.20. The molecule has 0 unspecified atom stereocenters. The van der Waals surface area contributed by atoms with Gasteiger partial charge in [0, 0.05) is 18.2 Å². The monoisotopic (exact) mass is 326 g/mol. The van der Waals surface area contributed by atoms with E-state index in [1.165, 1.54) is 18.2 Å². The summed E-state index contributed by atoms with van der Waals surface area (Å²) in [5, 5.41) is 14.2. The lowest BCUT2D eigenvalue weighted by Crippen LogP contribution is -2.15. The third-order valence-corrected chi connectivity index (χ3v) is 3.41. The minimum Gasteiger partial charge on any atom is -0.402 e. The molecule has 10 nitrogen and oxygen atoms in total. The molecular formula is C11H10N4O6S. The van der Waals surface area contributed by atoms with Crippen LogP contribution in [0.15, 0.2) is 30.3 Å². The lowest BCUT2D eigenvalue weighted by molar-refractivity contribution is -0.384. The zero-order valence-electron chi connectivity index (χ0n) is 11.2. The van der Waals surface area contributed by atoms with Gasteiger partial charge in [-0.3, -0.25) is 10.1 Å². The summed E-state index contributed by atoms with van der Waals surface area (Å²) < 4.78 is 28.1. The predicted molar refractivity (Wildman–Crippen MR) is 74.9 cm³/mol. The van der Waals surface area contributed by atoms with Crippen LogP contribution in [0, 0.1) is 10.1 Å². The van der Waals surface area contributed by atoms with Gasteiger partial charge in [0.1, 0.15) is 5.82 Å². The summed E-state index contributed by atoms with van der Waals surface area (Å²) in [4.78, 5) is 21.9. The lowest BCUT2D eigenvalue weighted by atomic mass is 10.2. The second-order valence-corrected chi connectivity index (χ2v) is 6.02. The fraction of sp³-hybridized carbons (Fsp3) is 0.0909. The minimum atomic E-state index is -3.73. The summed E-state index contributed by atoms with van der Waals surface area (Å²) in [6.07, 6.45) is 0.877. The van der Waals surface area contributed by atoms with E-state index in [1.807, 2.05) is 0 Å². The first-order chi connectivity index (χ1) is 10.2. The highest BCUT2D eigenvalue weighted by Gasteiger charge is 2.18. The van der Waals surface area contributed by atoms with Crippen molar-refractivity contribution in [2.75, 3.05) is 12.0 Å². The van der Waals surface area contributed by atoms with Crippen molar-refractivity contribution in [3.8, 4) is 5.88 Å². The van der Waals surface area contributed by atoms with Gasteiger partial charge in [0.2, 0.25) is 5.88 Å². The molecule has 0 saturated heterocycles. The molecule has 22 heavy (non-hydrogen) atoms.